The molecular weight excluding hydrogens is 176 g/mol. The molecule has 0 atom stereocenters. The monoisotopic (exact) mass is 194 g/mol. The molecule has 4 heteroatoms. The summed E-state index contributed by atoms with van der Waals surface area (Å²) in [6, 6.07) is 3.79. The molecule has 0 bridgehead atoms. The fourth-order valence-electron chi connectivity index (χ4n) is 1.47. The van der Waals surface area contributed by atoms with Crippen molar-refractivity contribution in [3.8, 4) is 0 Å². The molecule has 0 aliphatic heterocycles. The van der Waals surface area contributed by atoms with Gasteiger partial charge in [0, 0.05) is 11.4 Å². The van der Waals surface area contributed by atoms with Crippen LogP contribution in [0.4, 0.5) is 11.4 Å². The van der Waals surface area contributed by atoms with Crippen LogP contribution in [0.2, 0.25) is 0 Å². The van der Waals surface area contributed by atoms with Gasteiger partial charge in [-0.2, -0.15) is 0 Å². The van der Waals surface area contributed by atoms with E-state index in [9.17, 15) is 0 Å². The zero-order chi connectivity index (χ0) is 10.6. The van der Waals surface area contributed by atoms with Crippen molar-refractivity contribution in [2.75, 3.05) is 24.6 Å². The second-order valence-electron chi connectivity index (χ2n) is 3.33. The minimum absolute atomic E-state index is 0.583. The van der Waals surface area contributed by atoms with Crippen LogP contribution in [0.1, 0.15) is 11.1 Å². The molecule has 0 unspecified atom stereocenters. The summed E-state index contributed by atoms with van der Waals surface area (Å²) in [5.41, 5.74) is 26.2. The Hall–Kier alpha value is -1.26. The first-order valence-electron chi connectivity index (χ1n) is 4.76. The van der Waals surface area contributed by atoms with Crippen LogP contribution >= 0.6 is 0 Å². The molecule has 4 nitrogen and oxygen atoms in total. The summed E-state index contributed by atoms with van der Waals surface area (Å²) in [6.45, 7) is 1.17. The normalized spacial score (nSPS) is 10.4. The van der Waals surface area contributed by atoms with Crippen LogP contribution in [0.5, 0.6) is 0 Å². The van der Waals surface area contributed by atoms with E-state index in [1.54, 1.807) is 0 Å². The van der Waals surface area contributed by atoms with Crippen LogP contribution in [0.25, 0.3) is 0 Å². The van der Waals surface area contributed by atoms with Gasteiger partial charge in [0.05, 0.1) is 0 Å². The van der Waals surface area contributed by atoms with Crippen LogP contribution in [0.3, 0.4) is 0 Å². The fourth-order valence-corrected chi connectivity index (χ4v) is 1.47. The Bertz CT molecular complexity index is 277. The zero-order valence-electron chi connectivity index (χ0n) is 8.29. The average molecular weight is 194 g/mol. The van der Waals surface area contributed by atoms with Crippen molar-refractivity contribution in [3.63, 3.8) is 0 Å². The van der Waals surface area contributed by atoms with Crippen molar-refractivity contribution < 1.29 is 0 Å². The summed E-state index contributed by atoms with van der Waals surface area (Å²) in [5.74, 6) is 0. The fraction of sp³-hybridized carbons (Fsp3) is 0.400. The molecule has 0 amide bonds. The van der Waals surface area contributed by atoms with Gasteiger partial charge in [-0.3, -0.25) is 0 Å². The largest absolute Gasteiger partial charge is 0.398 e. The Kier molecular flexibility index (Phi) is 3.73. The number of anilines is 2. The van der Waals surface area contributed by atoms with Crippen LogP contribution in [0, 0.1) is 0 Å². The van der Waals surface area contributed by atoms with Crippen molar-refractivity contribution in [3.05, 3.63) is 23.3 Å². The van der Waals surface area contributed by atoms with E-state index in [4.69, 9.17) is 22.9 Å². The Labute approximate surface area is 84.3 Å². The van der Waals surface area contributed by atoms with Gasteiger partial charge in [0.2, 0.25) is 0 Å². The number of hydrogen-bond acceptors (Lipinski definition) is 4. The van der Waals surface area contributed by atoms with Crippen LogP contribution in [0.15, 0.2) is 12.1 Å². The number of hydrogen-bond donors (Lipinski definition) is 4. The van der Waals surface area contributed by atoms with E-state index >= 15 is 0 Å². The van der Waals surface area contributed by atoms with E-state index in [1.165, 1.54) is 0 Å². The maximum atomic E-state index is 5.85. The summed E-state index contributed by atoms with van der Waals surface area (Å²) in [5, 5.41) is 0. The lowest BCUT2D eigenvalue weighted by atomic mass is 10.0. The smallest absolute Gasteiger partial charge is 0.0351 e. The van der Waals surface area contributed by atoms with E-state index < -0.39 is 0 Å². The molecular formula is C10H18N4. The van der Waals surface area contributed by atoms with Crippen molar-refractivity contribution in [1.82, 2.24) is 0 Å². The third kappa shape index (κ3) is 2.37. The molecule has 0 aliphatic rings. The highest BCUT2D eigenvalue weighted by atomic mass is 14.6. The number of benzene rings is 1. The quantitative estimate of drug-likeness (QED) is 0.500. The van der Waals surface area contributed by atoms with Gasteiger partial charge in [-0.1, -0.05) is 0 Å². The summed E-state index contributed by atoms with van der Waals surface area (Å²) >= 11 is 0. The minimum Gasteiger partial charge on any atom is -0.398 e. The molecule has 1 aromatic rings. The van der Waals surface area contributed by atoms with Gasteiger partial charge in [-0.25, -0.2) is 0 Å². The van der Waals surface area contributed by atoms with Crippen LogP contribution < -0.4 is 22.9 Å². The molecule has 78 valence electrons. The highest BCUT2D eigenvalue weighted by molar-refractivity contribution is 5.60. The molecule has 0 aromatic heterocycles. The first-order valence-corrected chi connectivity index (χ1v) is 4.76. The topological polar surface area (TPSA) is 104 Å². The van der Waals surface area contributed by atoms with E-state index in [0.717, 1.165) is 35.3 Å². The molecule has 0 saturated carbocycles. The maximum absolute atomic E-state index is 5.85. The van der Waals surface area contributed by atoms with Crippen molar-refractivity contribution in [2.45, 2.75) is 12.8 Å². The molecule has 0 spiro atoms. The molecule has 0 aliphatic carbocycles. The molecule has 0 fully saturated rings. The van der Waals surface area contributed by atoms with Gasteiger partial charge in [0.15, 0.2) is 0 Å². The molecule has 8 N–H and O–H groups in total. The third-order valence-corrected chi connectivity index (χ3v) is 2.23. The van der Waals surface area contributed by atoms with Gasteiger partial charge in [0.1, 0.15) is 0 Å². The van der Waals surface area contributed by atoms with Gasteiger partial charge >= 0.3 is 0 Å². The highest BCUT2D eigenvalue weighted by Crippen LogP contribution is 2.21. The van der Waals surface area contributed by atoms with Crippen molar-refractivity contribution in [1.29, 1.82) is 0 Å². The molecule has 1 aromatic carbocycles. The van der Waals surface area contributed by atoms with Gasteiger partial charge in [0.25, 0.3) is 0 Å². The number of rotatable bonds is 4. The van der Waals surface area contributed by atoms with Gasteiger partial charge < -0.3 is 22.9 Å². The number of nitrogens with two attached hydrogens (primary N) is 4. The third-order valence-electron chi connectivity index (χ3n) is 2.23. The predicted octanol–water partition coefficient (Wildman–Crippen LogP) is -0.147. The molecule has 14 heavy (non-hydrogen) atoms. The molecule has 0 radical (unpaired) electrons. The Morgan fingerprint density at radius 3 is 1.43 bits per heavy atom. The van der Waals surface area contributed by atoms with Gasteiger partial charge in [-0.05, 0) is 49.2 Å². The first kappa shape index (κ1) is 10.8. The maximum Gasteiger partial charge on any atom is 0.0351 e. The average Bonchev–Trinajstić information content (AvgIpc) is 2.14. The zero-order valence-corrected chi connectivity index (χ0v) is 8.29. The van der Waals surface area contributed by atoms with E-state index in [1.807, 2.05) is 12.1 Å². The van der Waals surface area contributed by atoms with Crippen molar-refractivity contribution in [2.24, 2.45) is 11.5 Å². The van der Waals surface area contributed by atoms with E-state index in [-0.39, 0.29) is 0 Å². The van der Waals surface area contributed by atoms with Crippen LogP contribution in [-0.2, 0) is 12.8 Å². The molecule has 0 heterocycles. The lowest BCUT2D eigenvalue weighted by molar-refractivity contribution is 0.954. The Balaban J connectivity index is 2.97. The second-order valence-corrected chi connectivity index (χ2v) is 3.33. The highest BCUT2D eigenvalue weighted by Gasteiger charge is 2.04. The first-order chi connectivity index (χ1) is 6.69. The van der Waals surface area contributed by atoms with Gasteiger partial charge in [-0.15, -0.1) is 0 Å². The predicted molar refractivity (Wildman–Crippen MR) is 60.8 cm³/mol. The minimum atomic E-state index is 0.583. The molecule has 0 saturated heterocycles. The van der Waals surface area contributed by atoms with E-state index in [0.29, 0.717) is 13.1 Å². The standard InChI is InChI=1S/C10H18N4/c11-3-1-7-5-10(14)8(2-4-12)6-9(7)13/h5-6H,1-4,11-14H2. The summed E-state index contributed by atoms with van der Waals surface area (Å²) < 4.78 is 0. The summed E-state index contributed by atoms with van der Waals surface area (Å²) in [6.07, 6.45) is 1.53. The lowest BCUT2D eigenvalue weighted by Crippen LogP contribution is -2.09. The Morgan fingerprint density at radius 1 is 0.786 bits per heavy atom. The number of nitrogen functional groups attached to an aromatic ring is 2. The Morgan fingerprint density at radius 2 is 1.14 bits per heavy atom. The van der Waals surface area contributed by atoms with E-state index in [2.05, 4.69) is 0 Å². The summed E-state index contributed by atoms with van der Waals surface area (Å²) in [7, 11) is 0. The SMILES string of the molecule is NCCc1cc(N)c(CCN)cc1N. The second kappa shape index (κ2) is 4.83. The van der Waals surface area contributed by atoms with Crippen LogP contribution in [-0.4, -0.2) is 13.1 Å². The lowest BCUT2D eigenvalue weighted by Gasteiger charge is -2.10. The van der Waals surface area contributed by atoms with Crippen molar-refractivity contribution >= 4 is 11.4 Å². The molecule has 1 rings (SSSR count). The summed E-state index contributed by atoms with van der Waals surface area (Å²) in [4.78, 5) is 0.